The minimum Gasteiger partial charge on any atom is -0.494 e. The summed E-state index contributed by atoms with van der Waals surface area (Å²) in [6.07, 6.45) is 1.59. The van der Waals surface area contributed by atoms with E-state index in [0.29, 0.717) is 37.7 Å². The molecule has 0 unspecified atom stereocenters. The number of hydrogen-bond donors (Lipinski definition) is 1. The zero-order chi connectivity index (χ0) is 31.4. The smallest absolute Gasteiger partial charge is 0.341 e. The Morgan fingerprint density at radius 3 is 2.00 bits per heavy atom. The minimum absolute atomic E-state index is 0.0849. The molecule has 0 amide bonds. The number of carbonyl (C=O) groups excluding carboxylic acids is 1. The van der Waals surface area contributed by atoms with E-state index in [1.807, 2.05) is 20.8 Å². The Labute approximate surface area is 255 Å². The van der Waals surface area contributed by atoms with Crippen molar-refractivity contribution >= 4 is 35.1 Å². The van der Waals surface area contributed by atoms with Crippen molar-refractivity contribution in [3.63, 3.8) is 0 Å². The fraction of sp³-hybridized carbons (Fsp3) is 0.452. The molecule has 1 aromatic heterocycles. The van der Waals surface area contributed by atoms with Gasteiger partial charge in [0.05, 0.1) is 48.9 Å². The molecule has 9 nitrogen and oxygen atoms in total. The Bertz CT molecular complexity index is 1510. The summed E-state index contributed by atoms with van der Waals surface area (Å²) in [6.45, 7) is 13.5. The standard InChI is InChI=1S/C23H32N2O4.C8H6Cl2O3/c1-7-16-13-15(3)14-17(8-2)18(16)19-20(26)24-9-11-28-12-10-25(24)21(19)29-22(27)23(4,5)6;1-13-7-5(10)3-2-4(9)6(7)8(11)12/h13-14H,7-12H2,1-6H3;2-3H,1H3,(H,11,12). The fourth-order valence-corrected chi connectivity index (χ4v) is 5.19. The topological polar surface area (TPSA) is 109 Å². The predicted molar refractivity (Wildman–Crippen MR) is 164 cm³/mol. The zero-order valence-corrected chi connectivity index (χ0v) is 26.6. The van der Waals surface area contributed by atoms with Gasteiger partial charge in [0, 0.05) is 0 Å². The van der Waals surface area contributed by atoms with E-state index in [2.05, 4.69) is 32.9 Å². The number of rotatable bonds is 6. The van der Waals surface area contributed by atoms with Crippen molar-refractivity contribution in [1.29, 1.82) is 0 Å². The largest absolute Gasteiger partial charge is 0.494 e. The number of methoxy groups -OCH3 is 1. The number of carboxylic acids is 1. The van der Waals surface area contributed by atoms with Crippen LogP contribution in [0.2, 0.25) is 10.0 Å². The molecule has 0 spiro atoms. The summed E-state index contributed by atoms with van der Waals surface area (Å²) in [4.78, 5) is 37.0. The van der Waals surface area contributed by atoms with Gasteiger partial charge in [0.1, 0.15) is 11.1 Å². The average Bonchev–Trinajstić information content (AvgIpc) is 3.07. The number of carbonyl (C=O) groups is 2. The maximum Gasteiger partial charge on any atom is 0.341 e. The van der Waals surface area contributed by atoms with Crippen LogP contribution in [0.25, 0.3) is 11.1 Å². The van der Waals surface area contributed by atoms with Crippen molar-refractivity contribution in [2.24, 2.45) is 5.41 Å². The molecule has 3 aromatic rings. The highest BCUT2D eigenvalue weighted by atomic mass is 35.5. The molecule has 4 rings (SSSR count). The summed E-state index contributed by atoms with van der Waals surface area (Å²) >= 11 is 11.4. The van der Waals surface area contributed by atoms with Gasteiger partial charge in [0.25, 0.3) is 5.56 Å². The lowest BCUT2D eigenvalue weighted by Crippen LogP contribution is -2.27. The second-order valence-electron chi connectivity index (χ2n) is 10.9. The molecule has 1 aliphatic rings. The van der Waals surface area contributed by atoms with Crippen LogP contribution in [0.5, 0.6) is 11.6 Å². The second-order valence-corrected chi connectivity index (χ2v) is 11.7. The number of nitrogens with zero attached hydrogens (tertiary/aromatic N) is 2. The van der Waals surface area contributed by atoms with Gasteiger partial charge in [0.15, 0.2) is 5.75 Å². The number of aryl methyl sites for hydroxylation is 3. The molecule has 11 heteroatoms. The van der Waals surface area contributed by atoms with E-state index in [9.17, 15) is 14.4 Å². The number of hydrogen-bond acceptors (Lipinski definition) is 6. The monoisotopic (exact) mass is 620 g/mol. The number of fused-ring (bicyclic) bond motifs is 1. The van der Waals surface area contributed by atoms with Crippen LogP contribution in [0.15, 0.2) is 29.1 Å². The van der Waals surface area contributed by atoms with E-state index in [1.165, 1.54) is 24.8 Å². The molecule has 2 heterocycles. The van der Waals surface area contributed by atoms with E-state index in [0.717, 1.165) is 29.5 Å². The highest BCUT2D eigenvalue weighted by Crippen LogP contribution is 2.36. The first-order chi connectivity index (χ1) is 19.8. The van der Waals surface area contributed by atoms with E-state index in [4.69, 9.17) is 42.5 Å². The molecule has 42 heavy (non-hydrogen) atoms. The number of carboxylic acid groups (broad SMARTS) is 1. The van der Waals surface area contributed by atoms with Crippen LogP contribution in [0.3, 0.4) is 0 Å². The first-order valence-corrected chi connectivity index (χ1v) is 14.5. The third kappa shape index (κ3) is 7.02. The number of esters is 1. The van der Waals surface area contributed by atoms with Crippen molar-refractivity contribution in [1.82, 2.24) is 9.36 Å². The lowest BCUT2D eigenvalue weighted by molar-refractivity contribution is -0.143. The van der Waals surface area contributed by atoms with Crippen LogP contribution in [-0.2, 0) is 35.5 Å². The van der Waals surface area contributed by atoms with Crippen LogP contribution in [0.4, 0.5) is 0 Å². The van der Waals surface area contributed by atoms with Crippen LogP contribution in [0, 0.1) is 12.3 Å². The number of benzene rings is 2. The molecular formula is C31H38Cl2N2O7. The molecule has 0 bridgehead atoms. The molecular weight excluding hydrogens is 583 g/mol. The van der Waals surface area contributed by atoms with Crippen molar-refractivity contribution in [3.05, 3.63) is 66.9 Å². The summed E-state index contributed by atoms with van der Waals surface area (Å²) in [5.74, 6) is -1.09. The summed E-state index contributed by atoms with van der Waals surface area (Å²) < 4.78 is 19.7. The van der Waals surface area contributed by atoms with Crippen LogP contribution >= 0.6 is 23.2 Å². The van der Waals surface area contributed by atoms with Gasteiger partial charge in [-0.25, -0.2) is 14.2 Å². The van der Waals surface area contributed by atoms with Crippen molar-refractivity contribution < 1.29 is 28.9 Å². The Kier molecular flexibility index (Phi) is 10.9. The Hall–Kier alpha value is -3.27. The van der Waals surface area contributed by atoms with E-state index >= 15 is 0 Å². The molecule has 0 saturated heterocycles. The summed E-state index contributed by atoms with van der Waals surface area (Å²) in [6, 6.07) is 7.14. The van der Waals surface area contributed by atoms with Gasteiger partial charge in [-0.15, -0.1) is 0 Å². The molecule has 0 atom stereocenters. The highest BCUT2D eigenvalue weighted by Gasteiger charge is 2.32. The molecule has 2 aromatic carbocycles. The third-order valence-electron chi connectivity index (χ3n) is 6.82. The Balaban J connectivity index is 0.000000312. The molecule has 0 radical (unpaired) electrons. The van der Waals surface area contributed by atoms with Crippen LogP contribution in [0.1, 0.15) is 61.7 Å². The van der Waals surface area contributed by atoms with Crippen LogP contribution in [-0.4, -0.2) is 46.7 Å². The quantitative estimate of drug-likeness (QED) is 0.316. The molecule has 0 saturated carbocycles. The van der Waals surface area contributed by atoms with Gasteiger partial charge in [0.2, 0.25) is 5.88 Å². The molecule has 0 aliphatic carbocycles. The molecule has 1 N–H and O–H groups in total. The Morgan fingerprint density at radius 2 is 1.52 bits per heavy atom. The highest BCUT2D eigenvalue weighted by molar-refractivity contribution is 6.36. The first-order valence-electron chi connectivity index (χ1n) is 13.8. The third-order valence-corrected chi connectivity index (χ3v) is 7.43. The van der Waals surface area contributed by atoms with Gasteiger partial charge >= 0.3 is 11.9 Å². The Morgan fingerprint density at radius 1 is 0.976 bits per heavy atom. The second kappa shape index (κ2) is 13.8. The van der Waals surface area contributed by atoms with E-state index in [1.54, 1.807) is 9.36 Å². The maximum absolute atomic E-state index is 13.5. The average molecular weight is 622 g/mol. The van der Waals surface area contributed by atoms with Crippen molar-refractivity contribution in [2.45, 2.75) is 67.5 Å². The summed E-state index contributed by atoms with van der Waals surface area (Å²) in [5.41, 5.74) is 3.87. The lowest BCUT2D eigenvalue weighted by atomic mass is 9.91. The maximum atomic E-state index is 13.5. The number of aromatic nitrogens is 2. The van der Waals surface area contributed by atoms with Crippen molar-refractivity contribution in [3.8, 4) is 22.8 Å². The zero-order valence-electron chi connectivity index (χ0n) is 25.1. The first kappa shape index (κ1) is 33.2. The van der Waals surface area contributed by atoms with Gasteiger partial charge in [-0.1, -0.05) is 54.7 Å². The predicted octanol–water partition coefficient (Wildman–Crippen LogP) is 6.43. The van der Waals surface area contributed by atoms with E-state index < -0.39 is 11.4 Å². The molecule has 228 valence electrons. The fourth-order valence-electron chi connectivity index (χ4n) is 4.73. The van der Waals surface area contributed by atoms with Gasteiger partial charge in [-0.05, 0) is 69.4 Å². The summed E-state index contributed by atoms with van der Waals surface area (Å²) in [7, 11) is 1.34. The van der Waals surface area contributed by atoms with E-state index in [-0.39, 0.29) is 32.9 Å². The molecule has 0 fully saturated rings. The summed E-state index contributed by atoms with van der Waals surface area (Å²) in [5, 5.41) is 9.11. The normalized spacial score (nSPS) is 13.0. The van der Waals surface area contributed by atoms with Gasteiger partial charge in [-0.2, -0.15) is 0 Å². The van der Waals surface area contributed by atoms with Gasteiger partial charge in [-0.3, -0.25) is 9.59 Å². The van der Waals surface area contributed by atoms with Crippen molar-refractivity contribution in [2.75, 3.05) is 20.3 Å². The SMILES string of the molecule is CCc1cc(C)cc(CC)c1-c1c(OC(=O)C(C)(C)C)n2n(c1=O)CCOCC2.COc1c(Cl)ccc(Cl)c1C(=O)O. The number of aromatic carboxylic acids is 1. The van der Waals surface area contributed by atoms with Gasteiger partial charge < -0.3 is 19.3 Å². The minimum atomic E-state index is -1.16. The lowest BCUT2D eigenvalue weighted by Gasteiger charge is -2.19. The number of halogens is 2. The van der Waals surface area contributed by atoms with Crippen LogP contribution < -0.4 is 15.0 Å². The molecule has 1 aliphatic heterocycles. The number of ether oxygens (including phenoxy) is 3.